The van der Waals surface area contributed by atoms with Gasteiger partial charge < -0.3 is 5.11 Å². The molecule has 0 spiro atoms. The third-order valence-electron chi connectivity index (χ3n) is 5.11. The Morgan fingerprint density at radius 1 is 0.429 bits per heavy atom. The van der Waals surface area contributed by atoms with E-state index in [4.69, 9.17) is 0 Å². The van der Waals surface area contributed by atoms with Crippen LogP contribution in [0.4, 0.5) is 0 Å². The zero-order chi connectivity index (χ0) is 26.8. The van der Waals surface area contributed by atoms with Crippen LogP contribution in [0.3, 0.4) is 0 Å². The number of hydrogen-bond donors (Lipinski definition) is 1. The fourth-order valence-corrected chi connectivity index (χ4v) is 3.33. The molecule has 1 nitrogen and oxygen atoms in total. The maximum absolute atomic E-state index is 11.3. The van der Waals surface area contributed by atoms with E-state index < -0.39 is 5.60 Å². The molecule has 0 bridgehead atoms. The molecule has 3 rings (SSSR count). The fourth-order valence-electron chi connectivity index (χ4n) is 3.33. The molecule has 198 valence electrons. The van der Waals surface area contributed by atoms with E-state index in [0.717, 1.165) is 11.1 Å². The Kier molecular flexibility index (Phi) is 20.1. The lowest BCUT2D eigenvalue weighted by Gasteiger charge is -2.41. The van der Waals surface area contributed by atoms with E-state index in [1.807, 2.05) is 102 Å². The van der Waals surface area contributed by atoms with E-state index in [9.17, 15) is 5.11 Å². The lowest BCUT2D eigenvalue weighted by atomic mass is 9.68. The van der Waals surface area contributed by atoms with Gasteiger partial charge >= 0.3 is 0 Å². The Labute approximate surface area is 219 Å². The zero-order valence-electron chi connectivity index (χ0n) is 24.1. The van der Waals surface area contributed by atoms with Gasteiger partial charge in [0.25, 0.3) is 0 Å². The van der Waals surface area contributed by atoms with Gasteiger partial charge in [0, 0.05) is 0 Å². The number of hydrogen-bond acceptors (Lipinski definition) is 1. The first kappa shape index (κ1) is 37.2. The Hall–Kier alpha value is -2.38. The van der Waals surface area contributed by atoms with E-state index in [-0.39, 0.29) is 12.8 Å². The summed E-state index contributed by atoms with van der Waals surface area (Å²) in [5, 5.41) is 11.3. The van der Waals surface area contributed by atoms with Crippen molar-refractivity contribution >= 4 is 0 Å². The molecule has 1 heteroatoms. The molecule has 0 aliphatic heterocycles. The van der Waals surface area contributed by atoms with Crippen LogP contribution in [-0.4, -0.2) is 5.11 Å². The van der Waals surface area contributed by atoms with Gasteiger partial charge in [0.05, 0.1) is 0 Å². The van der Waals surface area contributed by atoms with Gasteiger partial charge in [0.15, 0.2) is 0 Å². The quantitative estimate of drug-likeness (QED) is 0.386. The highest BCUT2D eigenvalue weighted by Crippen LogP contribution is 2.44. The Morgan fingerprint density at radius 3 is 0.829 bits per heavy atom. The molecular formula is C34H56O. The van der Waals surface area contributed by atoms with Gasteiger partial charge in [-0.3, -0.25) is 0 Å². The SMILES string of the molecule is C.CC.CC.CC.CC(C)(C)C(O)(c1ccccc1)c1ccccc1.CC(C)(C)c1ccccc1. The second-order valence-corrected chi connectivity index (χ2v) is 9.31. The highest BCUT2D eigenvalue weighted by atomic mass is 16.3. The zero-order valence-corrected chi connectivity index (χ0v) is 24.1. The average molecular weight is 481 g/mol. The van der Waals surface area contributed by atoms with Crippen molar-refractivity contribution in [3.8, 4) is 0 Å². The van der Waals surface area contributed by atoms with Gasteiger partial charge in [-0.05, 0) is 27.5 Å². The maximum atomic E-state index is 11.3. The maximum Gasteiger partial charge on any atom is 0.119 e. The van der Waals surface area contributed by atoms with Gasteiger partial charge in [-0.15, -0.1) is 0 Å². The Balaban J connectivity index is -0.000000515. The predicted octanol–water partition coefficient (Wildman–Crippen LogP) is 10.7. The average Bonchev–Trinajstić information content (AvgIpc) is 2.88. The van der Waals surface area contributed by atoms with Crippen LogP contribution in [-0.2, 0) is 11.0 Å². The van der Waals surface area contributed by atoms with Crippen molar-refractivity contribution in [2.24, 2.45) is 5.41 Å². The summed E-state index contributed by atoms with van der Waals surface area (Å²) in [5.41, 5.74) is 2.30. The van der Waals surface area contributed by atoms with Crippen LogP contribution in [0.1, 0.15) is 107 Å². The fraction of sp³-hybridized carbons (Fsp3) is 0.471. The second-order valence-electron chi connectivity index (χ2n) is 9.31. The van der Waals surface area contributed by atoms with Gasteiger partial charge in [0.1, 0.15) is 5.60 Å². The highest BCUT2D eigenvalue weighted by molar-refractivity contribution is 5.38. The van der Waals surface area contributed by atoms with Crippen molar-refractivity contribution in [1.82, 2.24) is 0 Å². The summed E-state index contributed by atoms with van der Waals surface area (Å²) in [6.45, 7) is 24.9. The highest BCUT2D eigenvalue weighted by Gasteiger charge is 2.42. The lowest BCUT2D eigenvalue weighted by Crippen LogP contribution is -2.41. The Morgan fingerprint density at radius 2 is 0.657 bits per heavy atom. The standard InChI is InChI=1S/C17H20O.C10H14.3C2H6.CH4/c1-16(2,3)17(18,14-10-6-4-7-11-14)15-12-8-5-9-13-15;1-10(2,3)9-7-5-4-6-8-9;3*1-2;/h4-13,18H,1-3H3;4-8H,1-3H3;3*1-2H3;1H4. The molecule has 0 aliphatic carbocycles. The van der Waals surface area contributed by atoms with E-state index in [1.54, 1.807) is 0 Å². The summed E-state index contributed by atoms with van der Waals surface area (Å²) in [6, 6.07) is 30.3. The molecule has 0 fully saturated rings. The molecule has 0 radical (unpaired) electrons. The van der Waals surface area contributed by atoms with Crippen LogP contribution in [0.2, 0.25) is 0 Å². The minimum absolute atomic E-state index is 0. The van der Waals surface area contributed by atoms with Crippen molar-refractivity contribution in [3.05, 3.63) is 108 Å². The molecule has 0 aromatic heterocycles. The minimum atomic E-state index is -0.977. The number of aliphatic hydroxyl groups is 1. The normalized spacial score (nSPS) is 10.2. The first-order valence-electron chi connectivity index (χ1n) is 13.0. The van der Waals surface area contributed by atoms with Gasteiger partial charge in [-0.1, -0.05) is 182 Å². The monoisotopic (exact) mass is 480 g/mol. The van der Waals surface area contributed by atoms with Gasteiger partial charge in [-0.25, -0.2) is 0 Å². The largest absolute Gasteiger partial charge is 0.380 e. The predicted molar refractivity (Wildman–Crippen MR) is 161 cm³/mol. The molecule has 3 aromatic rings. The topological polar surface area (TPSA) is 20.2 Å². The summed E-state index contributed by atoms with van der Waals surface area (Å²) in [4.78, 5) is 0. The van der Waals surface area contributed by atoms with Crippen LogP contribution < -0.4 is 0 Å². The van der Waals surface area contributed by atoms with Crippen molar-refractivity contribution in [2.45, 2.75) is 102 Å². The molecule has 0 saturated carbocycles. The van der Waals surface area contributed by atoms with E-state index in [0.29, 0.717) is 5.41 Å². The lowest BCUT2D eigenvalue weighted by molar-refractivity contribution is -0.0259. The molecule has 1 N–H and O–H groups in total. The van der Waals surface area contributed by atoms with Crippen molar-refractivity contribution < 1.29 is 5.11 Å². The third-order valence-corrected chi connectivity index (χ3v) is 5.11. The molecule has 0 aliphatic rings. The molecule has 35 heavy (non-hydrogen) atoms. The van der Waals surface area contributed by atoms with Crippen molar-refractivity contribution in [3.63, 3.8) is 0 Å². The number of benzene rings is 3. The van der Waals surface area contributed by atoms with E-state index in [1.165, 1.54) is 5.56 Å². The van der Waals surface area contributed by atoms with Crippen LogP contribution in [0.5, 0.6) is 0 Å². The molecular weight excluding hydrogens is 424 g/mol. The van der Waals surface area contributed by atoms with E-state index in [2.05, 4.69) is 71.9 Å². The minimum Gasteiger partial charge on any atom is -0.380 e. The smallest absolute Gasteiger partial charge is 0.119 e. The molecule has 0 atom stereocenters. The summed E-state index contributed by atoms with van der Waals surface area (Å²) in [6.07, 6.45) is 0. The second kappa shape index (κ2) is 18.9. The first-order chi connectivity index (χ1) is 16.1. The summed E-state index contributed by atoms with van der Waals surface area (Å²) >= 11 is 0. The molecule has 0 heterocycles. The summed E-state index contributed by atoms with van der Waals surface area (Å²) < 4.78 is 0. The molecule has 0 amide bonds. The third kappa shape index (κ3) is 11.7. The summed E-state index contributed by atoms with van der Waals surface area (Å²) in [5.74, 6) is 0. The Bertz CT molecular complexity index is 783. The van der Waals surface area contributed by atoms with Crippen LogP contribution in [0.15, 0.2) is 91.0 Å². The van der Waals surface area contributed by atoms with E-state index >= 15 is 0 Å². The van der Waals surface area contributed by atoms with Crippen molar-refractivity contribution in [1.29, 1.82) is 0 Å². The number of rotatable bonds is 2. The van der Waals surface area contributed by atoms with Crippen LogP contribution in [0.25, 0.3) is 0 Å². The molecule has 3 aromatic carbocycles. The first-order valence-corrected chi connectivity index (χ1v) is 13.0. The van der Waals surface area contributed by atoms with Crippen LogP contribution in [0, 0.1) is 5.41 Å². The van der Waals surface area contributed by atoms with Gasteiger partial charge in [0.2, 0.25) is 0 Å². The van der Waals surface area contributed by atoms with Crippen LogP contribution >= 0.6 is 0 Å². The molecule has 0 unspecified atom stereocenters. The summed E-state index contributed by atoms with van der Waals surface area (Å²) in [7, 11) is 0. The molecule has 0 saturated heterocycles. The van der Waals surface area contributed by atoms with Crippen molar-refractivity contribution in [2.75, 3.05) is 0 Å². The van der Waals surface area contributed by atoms with Gasteiger partial charge in [-0.2, -0.15) is 0 Å².